The van der Waals surface area contributed by atoms with Gasteiger partial charge in [0.2, 0.25) is 0 Å². The molecule has 0 aliphatic heterocycles. The van der Waals surface area contributed by atoms with E-state index in [1.807, 2.05) is 0 Å². The van der Waals surface area contributed by atoms with Crippen molar-refractivity contribution in [3.8, 4) is 0 Å². The summed E-state index contributed by atoms with van der Waals surface area (Å²) in [5.41, 5.74) is 1.22. The Bertz CT molecular complexity index is 983. The fourth-order valence-corrected chi connectivity index (χ4v) is 10.9. The van der Waals surface area contributed by atoms with Gasteiger partial charge in [-0.25, -0.2) is 0 Å². The van der Waals surface area contributed by atoms with Crippen LogP contribution in [0.2, 0.25) is 0 Å². The van der Waals surface area contributed by atoms with Crippen LogP contribution in [0.1, 0.15) is 106 Å². The Morgan fingerprint density at radius 2 is 1.73 bits per heavy atom. The molecule has 0 amide bonds. The lowest BCUT2D eigenvalue weighted by Gasteiger charge is -2.71. The fourth-order valence-electron chi connectivity index (χ4n) is 10.9. The summed E-state index contributed by atoms with van der Waals surface area (Å²) in [5.74, 6) is 1.09. The number of aliphatic hydroxyl groups is 2. The first kappa shape index (κ1) is 27.4. The molecule has 4 saturated carbocycles. The summed E-state index contributed by atoms with van der Waals surface area (Å²) in [6, 6.07) is 0. The van der Waals surface area contributed by atoms with Crippen molar-refractivity contribution in [1.29, 1.82) is 0 Å². The molecule has 0 spiro atoms. The minimum atomic E-state index is -0.427. The van der Waals surface area contributed by atoms with E-state index < -0.39 is 16.9 Å². The molecule has 0 bridgehead atoms. The molecule has 4 fully saturated rings. The third kappa shape index (κ3) is 3.56. The number of carbonyl (C=O) groups excluding carboxylic acids is 1. The van der Waals surface area contributed by atoms with Gasteiger partial charge in [0.25, 0.3) is 0 Å². The largest absolute Gasteiger partial charge is 0.461 e. The number of hydrogen-bond acceptors (Lipinski definition) is 4. The first-order valence-electron chi connectivity index (χ1n) is 15.0. The van der Waals surface area contributed by atoms with E-state index in [1.165, 1.54) is 0 Å². The molecule has 2 N–H and O–H groups in total. The molecule has 37 heavy (non-hydrogen) atoms. The summed E-state index contributed by atoms with van der Waals surface area (Å²) in [7, 11) is 0. The molecule has 0 aromatic carbocycles. The van der Waals surface area contributed by atoms with Gasteiger partial charge in [-0.05, 0) is 104 Å². The van der Waals surface area contributed by atoms with Crippen LogP contribution >= 0.6 is 0 Å². The Morgan fingerprint density at radius 1 is 1.03 bits per heavy atom. The third-order valence-electron chi connectivity index (χ3n) is 13.5. The molecule has 0 aromatic rings. The van der Waals surface area contributed by atoms with Crippen molar-refractivity contribution in [2.45, 2.75) is 112 Å². The fraction of sp³-hybridized carbons (Fsp3) is 0.848. The lowest BCUT2D eigenvalue weighted by atomic mass is 9.33. The summed E-state index contributed by atoms with van der Waals surface area (Å²) < 4.78 is 5.80. The predicted molar refractivity (Wildman–Crippen MR) is 148 cm³/mol. The molecule has 0 saturated heterocycles. The van der Waals surface area contributed by atoms with Gasteiger partial charge in [-0.1, -0.05) is 65.8 Å². The van der Waals surface area contributed by atoms with E-state index in [1.54, 1.807) is 11.6 Å². The van der Waals surface area contributed by atoms with Crippen molar-refractivity contribution in [1.82, 2.24) is 0 Å². The van der Waals surface area contributed by atoms with Gasteiger partial charge >= 0.3 is 5.97 Å². The second-order valence-corrected chi connectivity index (χ2v) is 15.5. The summed E-state index contributed by atoms with van der Waals surface area (Å²) in [6.07, 6.45) is 13.8. The molecule has 9 atom stereocenters. The molecule has 0 radical (unpaired) electrons. The van der Waals surface area contributed by atoms with Gasteiger partial charge < -0.3 is 14.9 Å². The second-order valence-electron chi connectivity index (χ2n) is 15.5. The van der Waals surface area contributed by atoms with Crippen molar-refractivity contribution in [2.75, 3.05) is 13.2 Å². The van der Waals surface area contributed by atoms with Crippen LogP contribution in [-0.2, 0) is 9.53 Å². The van der Waals surface area contributed by atoms with Crippen LogP contribution in [0.3, 0.4) is 0 Å². The SMILES string of the molecule is C=CCOC(=O)C12CCC(C)(C)CC1C1=CCC3C4(C)CCC(O)C(C)(CO)C4CCC3(C)C1(C)CC2. The predicted octanol–water partition coefficient (Wildman–Crippen LogP) is 6.85. The lowest BCUT2D eigenvalue weighted by molar-refractivity contribution is -0.217. The number of fused-ring (bicyclic) bond motifs is 7. The molecular formula is C33H52O4. The Kier molecular flexibility index (Phi) is 6.44. The number of ether oxygens (including phenoxy) is 1. The van der Waals surface area contributed by atoms with Gasteiger partial charge in [-0.2, -0.15) is 0 Å². The van der Waals surface area contributed by atoms with E-state index in [-0.39, 0.29) is 40.2 Å². The van der Waals surface area contributed by atoms with Crippen molar-refractivity contribution >= 4 is 5.97 Å². The molecule has 0 aromatic heterocycles. The molecular weight excluding hydrogens is 460 g/mol. The Balaban J connectivity index is 1.57. The number of rotatable bonds is 4. The Hall–Kier alpha value is -1.13. The maximum atomic E-state index is 13.7. The average molecular weight is 513 g/mol. The molecule has 9 unspecified atom stereocenters. The zero-order chi connectivity index (χ0) is 27.1. The van der Waals surface area contributed by atoms with Crippen molar-refractivity contribution in [3.05, 3.63) is 24.3 Å². The van der Waals surface area contributed by atoms with E-state index in [2.05, 4.69) is 54.2 Å². The van der Waals surface area contributed by atoms with Crippen LogP contribution < -0.4 is 0 Å². The van der Waals surface area contributed by atoms with Crippen LogP contribution in [0.25, 0.3) is 0 Å². The van der Waals surface area contributed by atoms with Gasteiger partial charge in [-0.3, -0.25) is 4.79 Å². The third-order valence-corrected chi connectivity index (χ3v) is 13.5. The lowest BCUT2D eigenvalue weighted by Crippen LogP contribution is -2.66. The molecule has 208 valence electrons. The number of esters is 1. The minimum Gasteiger partial charge on any atom is -0.461 e. The smallest absolute Gasteiger partial charge is 0.312 e. The van der Waals surface area contributed by atoms with Gasteiger partial charge in [0, 0.05) is 5.41 Å². The maximum absolute atomic E-state index is 13.7. The van der Waals surface area contributed by atoms with Crippen LogP contribution in [0, 0.1) is 50.2 Å². The maximum Gasteiger partial charge on any atom is 0.312 e. The summed E-state index contributed by atoms with van der Waals surface area (Å²) >= 11 is 0. The van der Waals surface area contributed by atoms with Gasteiger partial charge in [0.15, 0.2) is 0 Å². The van der Waals surface area contributed by atoms with Crippen LogP contribution in [0.4, 0.5) is 0 Å². The highest BCUT2D eigenvalue weighted by atomic mass is 16.5. The summed E-state index contributed by atoms with van der Waals surface area (Å²) in [5, 5.41) is 21.4. The quantitative estimate of drug-likeness (QED) is 0.319. The molecule has 5 aliphatic rings. The normalized spacial score (nSPS) is 50.4. The standard InChI is InChI=1S/C33H52O4/c1-8-19-37-27(36)33-17-15-28(2,3)20-23(33)22-9-10-25-29(4)13-12-26(35)30(5,21-34)24(29)11-14-32(25,7)31(22,6)16-18-33/h8-9,23-26,34-35H,1,10-21H2,2-7H3. The van der Waals surface area contributed by atoms with Crippen LogP contribution in [0.15, 0.2) is 24.3 Å². The molecule has 0 heterocycles. The molecule has 4 nitrogen and oxygen atoms in total. The minimum absolute atomic E-state index is 0.00113. The molecule has 5 aliphatic carbocycles. The highest BCUT2D eigenvalue weighted by Gasteiger charge is 2.69. The van der Waals surface area contributed by atoms with Crippen LogP contribution in [0.5, 0.6) is 0 Å². The van der Waals surface area contributed by atoms with E-state index in [0.29, 0.717) is 18.4 Å². The Labute approximate surface area is 225 Å². The monoisotopic (exact) mass is 512 g/mol. The second kappa shape index (κ2) is 8.68. The number of aliphatic hydroxyl groups excluding tert-OH is 2. The van der Waals surface area contributed by atoms with E-state index in [4.69, 9.17) is 4.74 Å². The molecule has 5 rings (SSSR count). The van der Waals surface area contributed by atoms with Gasteiger partial charge in [0.1, 0.15) is 6.61 Å². The number of allylic oxidation sites excluding steroid dienone is 2. The zero-order valence-corrected chi connectivity index (χ0v) is 24.4. The van der Waals surface area contributed by atoms with Crippen LogP contribution in [-0.4, -0.2) is 35.5 Å². The average Bonchev–Trinajstić information content (AvgIpc) is 2.85. The first-order chi connectivity index (χ1) is 17.2. The number of carbonyl (C=O) groups is 1. The summed E-state index contributed by atoms with van der Waals surface area (Å²) in [6.45, 7) is 18.6. The topological polar surface area (TPSA) is 66.8 Å². The zero-order valence-electron chi connectivity index (χ0n) is 24.4. The van der Waals surface area contributed by atoms with E-state index >= 15 is 0 Å². The van der Waals surface area contributed by atoms with Crippen molar-refractivity contribution < 1.29 is 19.7 Å². The van der Waals surface area contributed by atoms with E-state index in [0.717, 1.165) is 64.2 Å². The van der Waals surface area contributed by atoms with Crippen molar-refractivity contribution in [3.63, 3.8) is 0 Å². The van der Waals surface area contributed by atoms with Crippen molar-refractivity contribution in [2.24, 2.45) is 50.2 Å². The van der Waals surface area contributed by atoms with Gasteiger partial charge in [0.05, 0.1) is 18.1 Å². The summed E-state index contributed by atoms with van der Waals surface area (Å²) in [4.78, 5) is 13.7. The molecule has 4 heteroatoms. The highest BCUT2D eigenvalue weighted by Crippen LogP contribution is 2.75. The van der Waals surface area contributed by atoms with Gasteiger partial charge in [-0.15, -0.1) is 0 Å². The number of hydrogen-bond donors (Lipinski definition) is 2. The highest BCUT2D eigenvalue weighted by molar-refractivity contribution is 5.79. The van der Waals surface area contributed by atoms with E-state index in [9.17, 15) is 15.0 Å². The first-order valence-corrected chi connectivity index (χ1v) is 15.0. The Morgan fingerprint density at radius 3 is 2.41 bits per heavy atom.